The quantitative estimate of drug-likeness (QED) is 0.557. The van der Waals surface area contributed by atoms with E-state index in [2.05, 4.69) is 14.9 Å². The van der Waals surface area contributed by atoms with Gasteiger partial charge < -0.3 is 4.90 Å². The van der Waals surface area contributed by atoms with E-state index in [1.54, 1.807) is 12.4 Å². The summed E-state index contributed by atoms with van der Waals surface area (Å²) in [6, 6.07) is 10.0. The van der Waals surface area contributed by atoms with Crippen LogP contribution in [0.15, 0.2) is 35.5 Å². The van der Waals surface area contributed by atoms with Crippen LogP contribution in [0.3, 0.4) is 0 Å². The second-order valence-electron chi connectivity index (χ2n) is 4.33. The molecule has 0 atom stereocenters. The van der Waals surface area contributed by atoms with Gasteiger partial charge in [0.05, 0.1) is 6.20 Å². The lowest BCUT2D eigenvalue weighted by Crippen LogP contribution is -2.27. The van der Waals surface area contributed by atoms with Crippen LogP contribution in [0.4, 0.5) is 10.7 Å². The molecule has 7 heteroatoms. The first-order chi connectivity index (χ1) is 10.8. The van der Waals surface area contributed by atoms with Crippen molar-refractivity contribution in [3.05, 3.63) is 41.0 Å². The van der Waals surface area contributed by atoms with E-state index in [9.17, 15) is 0 Å². The third kappa shape index (κ3) is 4.70. The van der Waals surface area contributed by atoms with Crippen molar-refractivity contribution in [1.82, 2.24) is 4.98 Å². The summed E-state index contributed by atoms with van der Waals surface area (Å²) in [6.45, 7) is 1.53. The third-order valence-electron chi connectivity index (χ3n) is 2.90. The maximum absolute atomic E-state index is 8.73. The van der Waals surface area contributed by atoms with E-state index in [1.807, 2.05) is 30.3 Å². The lowest BCUT2D eigenvalue weighted by atomic mass is 10.2. The van der Waals surface area contributed by atoms with Gasteiger partial charge in [-0.1, -0.05) is 23.5 Å². The van der Waals surface area contributed by atoms with Crippen molar-refractivity contribution in [3.8, 4) is 6.07 Å². The second kappa shape index (κ2) is 8.74. The first-order valence-electron chi connectivity index (χ1n) is 6.63. The van der Waals surface area contributed by atoms with Crippen LogP contribution in [-0.4, -0.2) is 36.0 Å². The standard InChI is InChI=1S/C15H14Cl2N4S/c16-5-7-21(8-6-17)13-3-1-12(2-4-13)10-19-15-11-20-14(9-18)22-15/h1-4,10-11H,5-8H2. The average molecular weight is 353 g/mol. The van der Waals surface area contributed by atoms with Gasteiger partial charge in [0.25, 0.3) is 0 Å². The Kier molecular flexibility index (Phi) is 6.66. The molecule has 0 spiro atoms. The van der Waals surface area contributed by atoms with Gasteiger partial charge in [0.2, 0.25) is 0 Å². The second-order valence-corrected chi connectivity index (χ2v) is 6.10. The largest absolute Gasteiger partial charge is 0.369 e. The van der Waals surface area contributed by atoms with E-state index < -0.39 is 0 Å². The molecule has 0 radical (unpaired) electrons. The summed E-state index contributed by atoms with van der Waals surface area (Å²) >= 11 is 12.9. The predicted molar refractivity (Wildman–Crippen MR) is 94.2 cm³/mol. The summed E-state index contributed by atoms with van der Waals surface area (Å²) in [6.07, 6.45) is 3.35. The number of anilines is 1. The minimum atomic E-state index is 0.417. The highest BCUT2D eigenvalue weighted by atomic mass is 35.5. The van der Waals surface area contributed by atoms with E-state index in [4.69, 9.17) is 28.5 Å². The molecule has 1 aromatic heterocycles. The Hall–Kier alpha value is -1.61. The molecule has 0 aliphatic carbocycles. The Bertz CT molecular complexity index is 655. The van der Waals surface area contributed by atoms with Gasteiger partial charge in [-0.3, -0.25) is 0 Å². The first-order valence-corrected chi connectivity index (χ1v) is 8.52. The Morgan fingerprint density at radius 3 is 2.45 bits per heavy atom. The van der Waals surface area contributed by atoms with Crippen LogP contribution >= 0.6 is 34.5 Å². The summed E-state index contributed by atoms with van der Waals surface area (Å²) in [4.78, 5) is 10.4. The molecule has 0 bridgehead atoms. The SMILES string of the molecule is N#Cc1ncc(N=Cc2ccc(N(CCCl)CCCl)cc2)s1. The molecule has 2 aromatic rings. The van der Waals surface area contributed by atoms with Crippen LogP contribution in [0.2, 0.25) is 0 Å². The zero-order chi connectivity index (χ0) is 15.8. The summed E-state index contributed by atoms with van der Waals surface area (Å²) in [5.74, 6) is 1.12. The van der Waals surface area contributed by atoms with Crippen molar-refractivity contribution in [1.29, 1.82) is 5.26 Å². The smallest absolute Gasteiger partial charge is 0.196 e. The molecule has 0 unspecified atom stereocenters. The molecule has 4 nitrogen and oxygen atoms in total. The van der Waals surface area contributed by atoms with Crippen LogP contribution in [0.1, 0.15) is 10.6 Å². The Labute approximate surface area is 143 Å². The molecule has 0 fully saturated rings. The van der Waals surface area contributed by atoms with Crippen molar-refractivity contribution >= 4 is 51.4 Å². The van der Waals surface area contributed by atoms with E-state index >= 15 is 0 Å². The molecule has 0 amide bonds. The number of nitriles is 1. The van der Waals surface area contributed by atoms with Gasteiger partial charge >= 0.3 is 0 Å². The Morgan fingerprint density at radius 2 is 1.91 bits per heavy atom. The zero-order valence-electron chi connectivity index (χ0n) is 11.7. The molecule has 0 aliphatic heterocycles. The number of alkyl halides is 2. The van der Waals surface area contributed by atoms with Crippen molar-refractivity contribution in [3.63, 3.8) is 0 Å². The summed E-state index contributed by atoms with van der Waals surface area (Å²) in [7, 11) is 0. The predicted octanol–water partition coefficient (Wildman–Crippen LogP) is 4.05. The number of hydrogen-bond donors (Lipinski definition) is 0. The molecule has 22 heavy (non-hydrogen) atoms. The zero-order valence-corrected chi connectivity index (χ0v) is 14.1. The normalized spacial score (nSPS) is 10.8. The summed E-state index contributed by atoms with van der Waals surface area (Å²) in [5.41, 5.74) is 2.07. The van der Waals surface area contributed by atoms with E-state index in [0.29, 0.717) is 21.8 Å². The molecule has 1 aromatic carbocycles. The topological polar surface area (TPSA) is 52.3 Å². The minimum absolute atomic E-state index is 0.417. The number of aromatic nitrogens is 1. The Morgan fingerprint density at radius 1 is 1.23 bits per heavy atom. The van der Waals surface area contributed by atoms with Gasteiger partial charge in [0, 0.05) is 36.8 Å². The molecule has 0 saturated carbocycles. The molecule has 2 rings (SSSR count). The van der Waals surface area contributed by atoms with E-state index in [-0.39, 0.29) is 0 Å². The van der Waals surface area contributed by atoms with Crippen molar-refractivity contribution in [2.75, 3.05) is 29.7 Å². The fourth-order valence-electron chi connectivity index (χ4n) is 1.86. The summed E-state index contributed by atoms with van der Waals surface area (Å²) < 4.78 is 0. The van der Waals surface area contributed by atoms with E-state index in [0.717, 1.165) is 24.3 Å². The highest BCUT2D eigenvalue weighted by Crippen LogP contribution is 2.21. The molecule has 1 heterocycles. The number of hydrogen-bond acceptors (Lipinski definition) is 5. The lowest BCUT2D eigenvalue weighted by Gasteiger charge is -2.22. The fourth-order valence-corrected chi connectivity index (χ4v) is 2.83. The van der Waals surface area contributed by atoms with Crippen LogP contribution in [0, 0.1) is 11.3 Å². The van der Waals surface area contributed by atoms with Gasteiger partial charge in [-0.15, -0.1) is 23.2 Å². The van der Waals surface area contributed by atoms with Gasteiger partial charge in [-0.25, -0.2) is 9.98 Å². The number of thiazole rings is 1. The average Bonchev–Trinajstić information content (AvgIpc) is 3.01. The highest BCUT2D eigenvalue weighted by Gasteiger charge is 2.04. The number of halogens is 2. The number of aliphatic imine (C=N–C) groups is 1. The van der Waals surface area contributed by atoms with Crippen LogP contribution in [-0.2, 0) is 0 Å². The van der Waals surface area contributed by atoms with Gasteiger partial charge in [-0.2, -0.15) is 5.26 Å². The summed E-state index contributed by atoms with van der Waals surface area (Å²) in [5, 5.41) is 9.86. The van der Waals surface area contributed by atoms with Crippen molar-refractivity contribution in [2.45, 2.75) is 0 Å². The molecule has 0 N–H and O–H groups in total. The van der Waals surface area contributed by atoms with Crippen molar-refractivity contribution in [2.24, 2.45) is 4.99 Å². The van der Waals surface area contributed by atoms with Gasteiger partial charge in [-0.05, 0) is 17.7 Å². The number of rotatable bonds is 7. The molecular weight excluding hydrogens is 339 g/mol. The van der Waals surface area contributed by atoms with Gasteiger partial charge in [0.15, 0.2) is 5.01 Å². The molecule has 114 valence electrons. The maximum atomic E-state index is 8.73. The van der Waals surface area contributed by atoms with E-state index in [1.165, 1.54) is 11.3 Å². The minimum Gasteiger partial charge on any atom is -0.369 e. The van der Waals surface area contributed by atoms with Crippen LogP contribution in [0.5, 0.6) is 0 Å². The first kappa shape index (κ1) is 16.8. The monoisotopic (exact) mass is 352 g/mol. The lowest BCUT2D eigenvalue weighted by molar-refractivity contribution is 0.874. The number of benzene rings is 1. The Balaban J connectivity index is 2.06. The van der Waals surface area contributed by atoms with Crippen LogP contribution < -0.4 is 4.90 Å². The molecular formula is C15H14Cl2N4S. The van der Waals surface area contributed by atoms with Crippen molar-refractivity contribution < 1.29 is 0 Å². The fraction of sp³-hybridized carbons (Fsp3) is 0.267. The van der Waals surface area contributed by atoms with Gasteiger partial charge in [0.1, 0.15) is 11.1 Å². The number of nitrogens with zero attached hydrogens (tertiary/aromatic N) is 4. The molecule has 0 saturated heterocycles. The van der Waals surface area contributed by atoms with Crippen LogP contribution in [0.25, 0.3) is 0 Å². The highest BCUT2D eigenvalue weighted by molar-refractivity contribution is 7.15. The molecule has 0 aliphatic rings. The maximum Gasteiger partial charge on any atom is 0.196 e. The third-order valence-corrected chi connectivity index (χ3v) is 4.05.